The van der Waals surface area contributed by atoms with Gasteiger partial charge in [-0.05, 0) is 29.3 Å². The summed E-state index contributed by atoms with van der Waals surface area (Å²) >= 11 is 6.55. The van der Waals surface area contributed by atoms with Gasteiger partial charge in [0.15, 0.2) is 0 Å². The van der Waals surface area contributed by atoms with Crippen LogP contribution in [0.3, 0.4) is 0 Å². The van der Waals surface area contributed by atoms with Gasteiger partial charge >= 0.3 is 0 Å². The van der Waals surface area contributed by atoms with Crippen LogP contribution in [0.25, 0.3) is 0 Å². The SMILES string of the molecule is O=C1CC(c2ccccc2)C=C2Nc3ccccc3NC(c3ccccc3Cl)C12. The molecule has 1 heterocycles. The number of rotatable bonds is 2. The van der Waals surface area contributed by atoms with Crippen molar-refractivity contribution in [1.82, 2.24) is 0 Å². The van der Waals surface area contributed by atoms with E-state index < -0.39 is 0 Å². The topological polar surface area (TPSA) is 41.1 Å². The molecule has 144 valence electrons. The maximum atomic E-state index is 13.4. The van der Waals surface area contributed by atoms with Crippen molar-refractivity contribution in [3.8, 4) is 0 Å². The summed E-state index contributed by atoms with van der Waals surface area (Å²) in [5.41, 5.74) is 4.98. The zero-order valence-electron chi connectivity index (χ0n) is 15.8. The molecule has 4 heteroatoms. The third kappa shape index (κ3) is 3.32. The number of anilines is 2. The average molecular weight is 401 g/mol. The second-order valence-electron chi connectivity index (χ2n) is 7.60. The number of carbonyl (C=O) groups excluding carboxylic acids is 1. The zero-order valence-corrected chi connectivity index (χ0v) is 16.6. The van der Waals surface area contributed by atoms with Crippen LogP contribution >= 0.6 is 11.6 Å². The largest absolute Gasteiger partial charge is 0.375 e. The molecule has 0 saturated carbocycles. The van der Waals surface area contributed by atoms with E-state index in [4.69, 9.17) is 11.6 Å². The molecule has 3 unspecified atom stereocenters. The molecule has 0 aromatic heterocycles. The molecule has 3 nitrogen and oxygen atoms in total. The van der Waals surface area contributed by atoms with Crippen LogP contribution in [0.2, 0.25) is 5.02 Å². The normalized spacial score (nSPS) is 23.0. The highest BCUT2D eigenvalue weighted by Gasteiger charge is 2.40. The number of ketones is 1. The quantitative estimate of drug-likeness (QED) is 0.540. The van der Waals surface area contributed by atoms with Crippen molar-refractivity contribution < 1.29 is 4.79 Å². The van der Waals surface area contributed by atoms with Gasteiger partial charge in [-0.1, -0.05) is 78.3 Å². The van der Waals surface area contributed by atoms with Crippen molar-refractivity contribution in [3.05, 3.63) is 107 Å². The molecule has 2 N–H and O–H groups in total. The minimum Gasteiger partial charge on any atom is -0.375 e. The van der Waals surface area contributed by atoms with E-state index in [1.165, 1.54) is 0 Å². The molecular formula is C25H21ClN2O. The first-order valence-corrected chi connectivity index (χ1v) is 10.2. The summed E-state index contributed by atoms with van der Waals surface area (Å²) in [4.78, 5) is 13.4. The van der Waals surface area contributed by atoms with Crippen LogP contribution in [0.1, 0.15) is 29.5 Å². The van der Waals surface area contributed by atoms with Crippen LogP contribution < -0.4 is 10.6 Å². The first-order valence-electron chi connectivity index (χ1n) is 9.87. The van der Waals surface area contributed by atoms with Crippen molar-refractivity contribution in [1.29, 1.82) is 0 Å². The van der Waals surface area contributed by atoms with Crippen molar-refractivity contribution in [2.45, 2.75) is 18.4 Å². The highest BCUT2D eigenvalue weighted by atomic mass is 35.5. The molecule has 0 radical (unpaired) electrons. The summed E-state index contributed by atoms with van der Waals surface area (Å²) in [6.45, 7) is 0. The van der Waals surface area contributed by atoms with Gasteiger partial charge in [0.2, 0.25) is 0 Å². The number of hydrogen-bond acceptors (Lipinski definition) is 3. The molecule has 3 aromatic rings. The molecule has 0 spiro atoms. The lowest BCUT2D eigenvalue weighted by molar-refractivity contribution is -0.122. The Morgan fingerprint density at radius 3 is 2.31 bits per heavy atom. The van der Waals surface area contributed by atoms with Crippen LogP contribution in [0.4, 0.5) is 11.4 Å². The minimum atomic E-state index is -0.317. The molecule has 0 amide bonds. The molecular weight excluding hydrogens is 380 g/mol. The summed E-state index contributed by atoms with van der Waals surface area (Å²) < 4.78 is 0. The third-order valence-corrected chi connectivity index (χ3v) is 6.15. The number of benzene rings is 3. The lowest BCUT2D eigenvalue weighted by Gasteiger charge is -2.32. The first-order chi connectivity index (χ1) is 14.2. The van der Waals surface area contributed by atoms with Gasteiger partial charge in [0, 0.05) is 23.1 Å². The Bertz CT molecular complexity index is 1090. The van der Waals surface area contributed by atoms with E-state index in [1.54, 1.807) is 0 Å². The first kappa shape index (κ1) is 18.0. The van der Waals surface area contributed by atoms with Gasteiger partial charge in [0.25, 0.3) is 0 Å². The maximum Gasteiger partial charge on any atom is 0.145 e. The fourth-order valence-corrected chi connectivity index (χ4v) is 4.66. The van der Waals surface area contributed by atoms with Gasteiger partial charge in [0.1, 0.15) is 5.78 Å². The Morgan fingerprint density at radius 1 is 0.828 bits per heavy atom. The van der Waals surface area contributed by atoms with E-state index in [-0.39, 0.29) is 23.7 Å². The Labute approximate surface area is 175 Å². The second kappa shape index (κ2) is 7.41. The third-order valence-electron chi connectivity index (χ3n) is 5.80. The lowest BCUT2D eigenvalue weighted by Crippen LogP contribution is -2.34. The van der Waals surface area contributed by atoms with E-state index in [2.05, 4.69) is 28.8 Å². The summed E-state index contributed by atoms with van der Waals surface area (Å²) in [5.74, 6) is -0.0315. The summed E-state index contributed by atoms with van der Waals surface area (Å²) in [6.07, 6.45) is 2.70. The number of nitrogens with one attached hydrogen (secondary N) is 2. The number of Topliss-reactive ketones (excluding diaryl/α,β-unsaturated/α-hetero) is 1. The smallest absolute Gasteiger partial charge is 0.145 e. The van der Waals surface area contributed by atoms with Gasteiger partial charge in [-0.15, -0.1) is 0 Å². The van der Waals surface area contributed by atoms with E-state index >= 15 is 0 Å². The Balaban J connectivity index is 1.65. The molecule has 1 aliphatic heterocycles. The summed E-state index contributed by atoms with van der Waals surface area (Å²) in [6, 6.07) is 25.8. The number of para-hydroxylation sites is 2. The highest BCUT2D eigenvalue weighted by molar-refractivity contribution is 6.31. The van der Waals surface area contributed by atoms with Crippen molar-refractivity contribution in [3.63, 3.8) is 0 Å². The fraction of sp³-hybridized carbons (Fsp3) is 0.160. The van der Waals surface area contributed by atoms with Crippen molar-refractivity contribution >= 4 is 28.8 Å². The van der Waals surface area contributed by atoms with Crippen molar-refractivity contribution in [2.24, 2.45) is 5.92 Å². The van der Waals surface area contributed by atoms with Gasteiger partial charge in [-0.2, -0.15) is 0 Å². The number of carbonyl (C=O) groups is 1. The number of allylic oxidation sites excluding steroid dienone is 1. The predicted octanol–water partition coefficient (Wildman–Crippen LogP) is 6.18. The molecule has 3 atom stereocenters. The second-order valence-corrected chi connectivity index (χ2v) is 8.01. The maximum absolute atomic E-state index is 13.4. The molecule has 0 saturated heterocycles. The Kier molecular flexibility index (Phi) is 4.61. The standard InChI is InChI=1S/C25H21ClN2O/c26-19-11-5-4-10-18(19)25-24-22(27-20-12-6-7-13-21(20)28-25)14-17(15-23(24)29)16-8-2-1-3-9-16/h1-14,17,24-25,27-28H,15H2. The average Bonchev–Trinajstić information content (AvgIpc) is 2.91. The molecule has 0 bridgehead atoms. The Morgan fingerprint density at radius 2 is 1.52 bits per heavy atom. The van der Waals surface area contributed by atoms with Crippen LogP contribution in [0, 0.1) is 5.92 Å². The van der Waals surface area contributed by atoms with Crippen LogP contribution in [0.5, 0.6) is 0 Å². The predicted molar refractivity (Wildman–Crippen MR) is 118 cm³/mol. The van der Waals surface area contributed by atoms with Gasteiger partial charge in [-0.3, -0.25) is 4.79 Å². The van der Waals surface area contributed by atoms with Crippen LogP contribution in [-0.2, 0) is 4.79 Å². The monoisotopic (exact) mass is 400 g/mol. The summed E-state index contributed by atoms with van der Waals surface area (Å²) in [5, 5.41) is 7.81. The molecule has 5 rings (SSSR count). The zero-order chi connectivity index (χ0) is 19.8. The Hall–Kier alpha value is -3.04. The molecule has 2 aliphatic rings. The van der Waals surface area contributed by atoms with Crippen molar-refractivity contribution in [2.75, 3.05) is 10.6 Å². The van der Waals surface area contributed by atoms with Gasteiger partial charge in [0.05, 0.1) is 23.3 Å². The number of fused-ring (bicyclic) bond motifs is 2. The van der Waals surface area contributed by atoms with Crippen LogP contribution in [-0.4, -0.2) is 5.78 Å². The number of halogens is 1. The molecule has 0 fully saturated rings. The number of hydrogen-bond donors (Lipinski definition) is 2. The summed E-state index contributed by atoms with van der Waals surface area (Å²) in [7, 11) is 0. The van der Waals surface area contributed by atoms with E-state index in [0.717, 1.165) is 28.2 Å². The molecule has 1 aliphatic carbocycles. The molecule has 3 aromatic carbocycles. The van der Waals surface area contributed by atoms with Gasteiger partial charge < -0.3 is 10.6 Å². The van der Waals surface area contributed by atoms with Gasteiger partial charge in [-0.25, -0.2) is 0 Å². The molecule has 29 heavy (non-hydrogen) atoms. The lowest BCUT2D eigenvalue weighted by atomic mass is 9.76. The fourth-order valence-electron chi connectivity index (χ4n) is 4.40. The van der Waals surface area contributed by atoms with Crippen LogP contribution in [0.15, 0.2) is 90.6 Å². The minimum absolute atomic E-state index is 0.0691. The van der Waals surface area contributed by atoms with E-state index in [1.807, 2.05) is 66.7 Å². The highest BCUT2D eigenvalue weighted by Crippen LogP contribution is 2.45. The van der Waals surface area contributed by atoms with E-state index in [0.29, 0.717) is 11.4 Å². The van der Waals surface area contributed by atoms with E-state index in [9.17, 15) is 4.79 Å².